The van der Waals surface area contributed by atoms with Gasteiger partial charge in [0.1, 0.15) is 5.82 Å². The SMILES string of the molecule is COC(=O)c1cc2n(n1)CCN2. The molecule has 0 aliphatic carbocycles. The highest BCUT2D eigenvalue weighted by Gasteiger charge is 2.17. The Labute approximate surface area is 69.3 Å². The van der Waals surface area contributed by atoms with Crippen molar-refractivity contribution in [3.05, 3.63) is 11.8 Å². The second kappa shape index (κ2) is 2.51. The van der Waals surface area contributed by atoms with E-state index < -0.39 is 5.97 Å². The van der Waals surface area contributed by atoms with Crippen LogP contribution in [0.3, 0.4) is 0 Å². The Morgan fingerprint density at radius 3 is 3.33 bits per heavy atom. The summed E-state index contributed by atoms with van der Waals surface area (Å²) in [6.07, 6.45) is 0. The first-order chi connectivity index (χ1) is 5.81. The minimum Gasteiger partial charge on any atom is -0.464 e. The van der Waals surface area contributed by atoms with Crippen LogP contribution in [0, 0.1) is 0 Å². The third-order valence-electron chi connectivity index (χ3n) is 1.80. The van der Waals surface area contributed by atoms with Crippen molar-refractivity contribution in [2.75, 3.05) is 19.0 Å². The van der Waals surface area contributed by atoms with Crippen molar-refractivity contribution in [1.29, 1.82) is 0 Å². The lowest BCUT2D eigenvalue weighted by Gasteiger charge is -1.92. The minimum atomic E-state index is -0.390. The van der Waals surface area contributed by atoms with Gasteiger partial charge in [-0.1, -0.05) is 0 Å². The third kappa shape index (κ3) is 0.939. The number of methoxy groups -OCH3 is 1. The minimum absolute atomic E-state index is 0.361. The molecule has 5 nitrogen and oxygen atoms in total. The van der Waals surface area contributed by atoms with Gasteiger partial charge in [0.15, 0.2) is 5.69 Å². The number of nitrogens with one attached hydrogen (secondary N) is 1. The summed E-state index contributed by atoms with van der Waals surface area (Å²) in [4.78, 5) is 11.0. The predicted molar refractivity (Wildman–Crippen MR) is 42.1 cm³/mol. The van der Waals surface area contributed by atoms with Crippen molar-refractivity contribution in [3.8, 4) is 0 Å². The van der Waals surface area contributed by atoms with Gasteiger partial charge in [-0.25, -0.2) is 9.48 Å². The van der Waals surface area contributed by atoms with Crippen molar-refractivity contribution in [2.45, 2.75) is 6.54 Å². The van der Waals surface area contributed by atoms with Crippen LogP contribution in [0.2, 0.25) is 0 Å². The zero-order valence-corrected chi connectivity index (χ0v) is 6.70. The molecule has 0 unspecified atom stereocenters. The Bertz CT molecular complexity index is 297. The van der Waals surface area contributed by atoms with Gasteiger partial charge in [0.05, 0.1) is 13.7 Å². The number of anilines is 1. The van der Waals surface area contributed by atoms with Gasteiger partial charge < -0.3 is 10.1 Å². The topological polar surface area (TPSA) is 56.2 Å². The number of aromatic nitrogens is 2. The van der Waals surface area contributed by atoms with Gasteiger partial charge in [0.25, 0.3) is 0 Å². The summed E-state index contributed by atoms with van der Waals surface area (Å²) in [5.41, 5.74) is 0.361. The summed E-state index contributed by atoms with van der Waals surface area (Å²) in [6, 6.07) is 1.69. The van der Waals surface area contributed by atoms with Crippen molar-refractivity contribution < 1.29 is 9.53 Å². The summed E-state index contributed by atoms with van der Waals surface area (Å²) >= 11 is 0. The molecule has 0 bridgehead atoms. The molecule has 0 fully saturated rings. The largest absolute Gasteiger partial charge is 0.464 e. The number of fused-ring (bicyclic) bond motifs is 1. The molecule has 1 aromatic heterocycles. The van der Waals surface area contributed by atoms with Crippen LogP contribution in [-0.2, 0) is 11.3 Å². The van der Waals surface area contributed by atoms with Crippen molar-refractivity contribution in [2.24, 2.45) is 0 Å². The van der Waals surface area contributed by atoms with E-state index >= 15 is 0 Å². The smallest absolute Gasteiger partial charge is 0.358 e. The maximum atomic E-state index is 11.0. The molecule has 0 amide bonds. The summed E-state index contributed by atoms with van der Waals surface area (Å²) in [5.74, 6) is 0.495. The molecule has 5 heteroatoms. The van der Waals surface area contributed by atoms with E-state index in [2.05, 4.69) is 15.2 Å². The second-order valence-electron chi connectivity index (χ2n) is 2.56. The van der Waals surface area contributed by atoms with E-state index in [0.29, 0.717) is 5.69 Å². The average Bonchev–Trinajstić information content (AvgIpc) is 2.60. The Morgan fingerprint density at radius 1 is 1.83 bits per heavy atom. The molecular weight excluding hydrogens is 158 g/mol. The molecule has 1 aliphatic heterocycles. The molecule has 64 valence electrons. The monoisotopic (exact) mass is 167 g/mol. The number of carbonyl (C=O) groups excluding carboxylic acids is 1. The van der Waals surface area contributed by atoms with E-state index in [1.54, 1.807) is 10.7 Å². The van der Waals surface area contributed by atoms with Crippen molar-refractivity contribution in [1.82, 2.24) is 9.78 Å². The van der Waals surface area contributed by atoms with E-state index in [1.807, 2.05) is 0 Å². The summed E-state index contributed by atoms with van der Waals surface area (Å²) in [5, 5.41) is 7.13. The van der Waals surface area contributed by atoms with Crippen LogP contribution in [0.5, 0.6) is 0 Å². The first kappa shape index (κ1) is 7.15. The molecule has 0 atom stereocenters. The first-order valence-corrected chi connectivity index (χ1v) is 3.71. The molecule has 0 aromatic carbocycles. The summed E-state index contributed by atoms with van der Waals surface area (Å²) < 4.78 is 6.29. The maximum absolute atomic E-state index is 11.0. The van der Waals surface area contributed by atoms with E-state index in [0.717, 1.165) is 18.9 Å². The Balaban J connectivity index is 2.31. The molecule has 2 heterocycles. The molecular formula is C7H9N3O2. The van der Waals surface area contributed by atoms with E-state index in [9.17, 15) is 4.79 Å². The zero-order valence-electron chi connectivity index (χ0n) is 6.70. The van der Waals surface area contributed by atoms with Gasteiger partial charge in [0, 0.05) is 12.6 Å². The van der Waals surface area contributed by atoms with Gasteiger partial charge >= 0.3 is 5.97 Å². The molecule has 0 saturated heterocycles. The van der Waals surface area contributed by atoms with Gasteiger partial charge in [-0.2, -0.15) is 5.10 Å². The van der Waals surface area contributed by atoms with Crippen LogP contribution < -0.4 is 5.32 Å². The molecule has 1 N–H and O–H groups in total. The molecule has 2 rings (SSSR count). The number of hydrogen-bond acceptors (Lipinski definition) is 4. The highest BCUT2D eigenvalue weighted by atomic mass is 16.5. The lowest BCUT2D eigenvalue weighted by Crippen LogP contribution is -2.05. The van der Waals surface area contributed by atoms with E-state index in [-0.39, 0.29) is 0 Å². The maximum Gasteiger partial charge on any atom is 0.358 e. The van der Waals surface area contributed by atoms with Crippen LogP contribution >= 0.6 is 0 Å². The standard InChI is InChI=1S/C7H9N3O2/c1-12-7(11)5-4-6-8-2-3-10(6)9-5/h4,8H,2-3H2,1H3. The van der Waals surface area contributed by atoms with Gasteiger partial charge in [-0.3, -0.25) is 0 Å². The molecule has 0 radical (unpaired) electrons. The van der Waals surface area contributed by atoms with Crippen LogP contribution in [0.4, 0.5) is 5.82 Å². The molecule has 12 heavy (non-hydrogen) atoms. The zero-order chi connectivity index (χ0) is 8.55. The molecule has 0 saturated carbocycles. The van der Waals surface area contributed by atoms with E-state index in [4.69, 9.17) is 0 Å². The third-order valence-corrected chi connectivity index (χ3v) is 1.80. The number of hydrogen-bond donors (Lipinski definition) is 1. The van der Waals surface area contributed by atoms with Crippen LogP contribution in [-0.4, -0.2) is 29.4 Å². The number of nitrogens with zero attached hydrogens (tertiary/aromatic N) is 2. The highest BCUT2D eigenvalue weighted by molar-refractivity contribution is 5.88. The fourth-order valence-electron chi connectivity index (χ4n) is 1.22. The number of ether oxygens (including phenoxy) is 1. The van der Waals surface area contributed by atoms with Gasteiger partial charge in [0.2, 0.25) is 0 Å². The predicted octanol–water partition coefficient (Wildman–Crippen LogP) is 0.0952. The van der Waals surface area contributed by atoms with Crippen LogP contribution in [0.15, 0.2) is 6.07 Å². The van der Waals surface area contributed by atoms with Gasteiger partial charge in [-0.15, -0.1) is 0 Å². The number of esters is 1. The Hall–Kier alpha value is -1.52. The highest BCUT2D eigenvalue weighted by Crippen LogP contribution is 2.15. The molecule has 0 spiro atoms. The lowest BCUT2D eigenvalue weighted by atomic mass is 10.4. The van der Waals surface area contributed by atoms with Gasteiger partial charge in [-0.05, 0) is 0 Å². The van der Waals surface area contributed by atoms with E-state index in [1.165, 1.54) is 7.11 Å². The Morgan fingerprint density at radius 2 is 2.67 bits per heavy atom. The summed E-state index contributed by atoms with van der Waals surface area (Å²) in [6.45, 7) is 1.69. The van der Waals surface area contributed by atoms with Crippen molar-refractivity contribution >= 4 is 11.8 Å². The first-order valence-electron chi connectivity index (χ1n) is 3.71. The lowest BCUT2D eigenvalue weighted by molar-refractivity contribution is 0.0593. The average molecular weight is 167 g/mol. The normalized spacial score (nSPS) is 13.8. The Kier molecular flexibility index (Phi) is 1.49. The summed E-state index contributed by atoms with van der Waals surface area (Å²) in [7, 11) is 1.35. The number of carbonyl (C=O) groups is 1. The van der Waals surface area contributed by atoms with Crippen LogP contribution in [0.1, 0.15) is 10.5 Å². The quantitative estimate of drug-likeness (QED) is 0.602. The fraction of sp³-hybridized carbons (Fsp3) is 0.429. The fourth-order valence-corrected chi connectivity index (χ4v) is 1.22. The molecule has 1 aliphatic rings. The second-order valence-corrected chi connectivity index (χ2v) is 2.56. The molecule has 1 aromatic rings. The number of rotatable bonds is 1. The van der Waals surface area contributed by atoms with Crippen molar-refractivity contribution in [3.63, 3.8) is 0 Å². The van der Waals surface area contributed by atoms with Crippen LogP contribution in [0.25, 0.3) is 0 Å².